The van der Waals surface area contributed by atoms with E-state index in [1.54, 1.807) is 12.1 Å². The summed E-state index contributed by atoms with van der Waals surface area (Å²) >= 11 is 0. The molecular weight excluding hydrogens is 808 g/mol. The molecule has 4 bridgehead atoms. The number of esters is 2. The number of Topliss-reactive ketones (excluding diaryl/α,β-unsaturated/α-hetero) is 2. The highest BCUT2D eigenvalue weighted by atomic mass is 79.9. The molecular formula is C45H53BrN2O10. The molecule has 4 aliphatic heterocycles. The fourth-order valence-electron chi connectivity index (χ4n) is 13.7. The third-order valence-corrected chi connectivity index (χ3v) is 16.3. The maximum Gasteiger partial charge on any atom is 0.308 e. The summed E-state index contributed by atoms with van der Waals surface area (Å²) in [6, 6.07) is 7.66. The minimum Gasteiger partial charge on any atom is -1.00 e. The Kier molecular flexibility index (Phi) is 8.59. The number of ether oxygens (including phenoxy) is 4. The first-order valence-corrected chi connectivity index (χ1v) is 21.3. The lowest BCUT2D eigenvalue weighted by atomic mass is 9.48. The molecule has 2 unspecified atom stereocenters. The predicted molar refractivity (Wildman–Crippen MR) is 203 cm³/mol. The molecule has 58 heavy (non-hydrogen) atoms. The summed E-state index contributed by atoms with van der Waals surface area (Å²) in [4.78, 5) is 51.6. The van der Waals surface area contributed by atoms with Crippen molar-refractivity contribution in [3.8, 4) is 23.0 Å². The molecule has 0 aromatic heterocycles. The molecule has 13 heteroatoms. The maximum absolute atomic E-state index is 13.0. The summed E-state index contributed by atoms with van der Waals surface area (Å²) in [6.45, 7) is 6.68. The normalized spacial score (nSPS) is 39.1. The zero-order valence-electron chi connectivity index (χ0n) is 33.5. The number of piperidine rings is 2. The summed E-state index contributed by atoms with van der Waals surface area (Å²) in [5.41, 5.74) is 0.743. The van der Waals surface area contributed by atoms with Crippen LogP contribution in [-0.4, -0.2) is 112 Å². The van der Waals surface area contributed by atoms with Crippen LogP contribution in [0.2, 0.25) is 0 Å². The lowest BCUT2D eigenvalue weighted by Crippen LogP contribution is -3.00. The van der Waals surface area contributed by atoms with Gasteiger partial charge in [-0.05, 0) is 87.1 Å². The maximum atomic E-state index is 13.0. The molecule has 12 rings (SSSR count). The van der Waals surface area contributed by atoms with Gasteiger partial charge in [0.2, 0.25) is 0 Å². The van der Waals surface area contributed by atoms with Gasteiger partial charge < -0.3 is 50.6 Å². The van der Waals surface area contributed by atoms with Crippen molar-refractivity contribution in [3.05, 3.63) is 46.5 Å². The molecule has 0 amide bonds. The number of halogens is 1. The third kappa shape index (κ3) is 5.06. The monoisotopic (exact) mass is 860 g/mol. The largest absolute Gasteiger partial charge is 1.00 e. The molecule has 9 atom stereocenters. The SMILES string of the molecule is CC(=O)Oc1ccc2c3c1O[C@@H]1C(=O)CC[C@]4(O)C(C2)N(CC2CC2)CC[C@@]314.CC(=O)Oc1ccc2c3c1O[C@@H]1C(=O)CC[C@]4(O)C(C2)[N@+](C)(CC2CC2)CC[C@@]314.[Br-]. The number of benzene rings is 2. The minimum atomic E-state index is -0.980. The molecule has 2 spiro atoms. The Labute approximate surface area is 348 Å². The molecule has 6 fully saturated rings. The van der Waals surface area contributed by atoms with E-state index in [0.717, 1.165) is 84.0 Å². The third-order valence-electron chi connectivity index (χ3n) is 16.3. The van der Waals surface area contributed by atoms with Gasteiger partial charge in [-0.2, -0.15) is 0 Å². The second-order valence-corrected chi connectivity index (χ2v) is 19.5. The molecule has 2 aromatic carbocycles. The van der Waals surface area contributed by atoms with E-state index in [-0.39, 0.29) is 40.6 Å². The summed E-state index contributed by atoms with van der Waals surface area (Å²) in [5, 5.41) is 24.4. The van der Waals surface area contributed by atoms with Gasteiger partial charge in [-0.25, -0.2) is 0 Å². The van der Waals surface area contributed by atoms with Crippen LogP contribution in [0.1, 0.15) is 100 Å². The summed E-state index contributed by atoms with van der Waals surface area (Å²) < 4.78 is 24.2. The van der Waals surface area contributed by atoms with Crippen molar-refractivity contribution in [2.45, 2.75) is 137 Å². The van der Waals surface area contributed by atoms with Crippen molar-refractivity contribution in [1.29, 1.82) is 0 Å². The number of carbonyl (C=O) groups excluding carboxylic acids is 4. The van der Waals surface area contributed by atoms with Gasteiger partial charge >= 0.3 is 11.9 Å². The summed E-state index contributed by atoms with van der Waals surface area (Å²) in [6.07, 6.45) is 8.39. The molecule has 10 aliphatic rings. The van der Waals surface area contributed by atoms with Crippen LogP contribution in [0.3, 0.4) is 0 Å². The zero-order chi connectivity index (χ0) is 39.4. The van der Waals surface area contributed by atoms with Crippen molar-refractivity contribution >= 4 is 23.5 Å². The first kappa shape index (κ1) is 38.8. The van der Waals surface area contributed by atoms with E-state index >= 15 is 0 Å². The minimum absolute atomic E-state index is 0. The quantitative estimate of drug-likeness (QED) is 0.240. The molecule has 12 nitrogen and oxygen atoms in total. The van der Waals surface area contributed by atoms with Gasteiger partial charge in [0, 0.05) is 69.2 Å². The van der Waals surface area contributed by atoms with Gasteiger partial charge in [-0.3, -0.25) is 24.1 Å². The Morgan fingerprint density at radius 3 is 1.86 bits per heavy atom. The van der Waals surface area contributed by atoms with Crippen LogP contribution < -0.4 is 35.9 Å². The van der Waals surface area contributed by atoms with Crippen LogP contribution in [0, 0.1) is 11.8 Å². The highest BCUT2D eigenvalue weighted by Gasteiger charge is 2.77. The van der Waals surface area contributed by atoms with Crippen molar-refractivity contribution in [2.75, 3.05) is 33.2 Å². The topological polar surface area (TPSA) is 149 Å². The highest BCUT2D eigenvalue weighted by molar-refractivity contribution is 5.91. The lowest BCUT2D eigenvalue weighted by Gasteiger charge is -2.64. The van der Waals surface area contributed by atoms with Crippen molar-refractivity contribution < 1.29 is 69.8 Å². The van der Waals surface area contributed by atoms with E-state index in [4.69, 9.17) is 18.9 Å². The Balaban J connectivity index is 0.000000138. The Morgan fingerprint density at radius 2 is 1.31 bits per heavy atom. The average Bonchev–Trinajstić information content (AvgIpc) is 4.09. The van der Waals surface area contributed by atoms with E-state index in [0.29, 0.717) is 55.1 Å². The summed E-state index contributed by atoms with van der Waals surface area (Å²) in [7, 11) is 2.30. The second kappa shape index (κ2) is 12.8. The lowest BCUT2D eigenvalue weighted by molar-refractivity contribution is -0.950. The molecule has 2 saturated heterocycles. The van der Waals surface area contributed by atoms with E-state index in [2.05, 4.69) is 11.9 Å². The molecule has 6 aliphatic carbocycles. The number of likely N-dealkylation sites (tertiary alicyclic amines) is 2. The zero-order valence-corrected chi connectivity index (χ0v) is 35.1. The van der Waals surface area contributed by atoms with Crippen LogP contribution in [0.15, 0.2) is 24.3 Å². The van der Waals surface area contributed by atoms with Crippen LogP contribution in [-0.2, 0) is 42.8 Å². The van der Waals surface area contributed by atoms with Crippen LogP contribution in [0.5, 0.6) is 23.0 Å². The highest BCUT2D eigenvalue weighted by Crippen LogP contribution is 2.67. The molecule has 4 heterocycles. The first-order valence-electron chi connectivity index (χ1n) is 21.3. The number of likely N-dealkylation sites (N-methyl/N-ethyl adjacent to an activating group) is 1. The first-order chi connectivity index (χ1) is 27.2. The molecule has 4 saturated carbocycles. The fraction of sp³-hybridized carbons (Fsp3) is 0.644. The van der Waals surface area contributed by atoms with Crippen molar-refractivity contribution in [1.82, 2.24) is 4.90 Å². The number of hydrogen-bond acceptors (Lipinski definition) is 11. The van der Waals surface area contributed by atoms with Gasteiger partial charge in [-0.1, -0.05) is 12.1 Å². The molecule has 310 valence electrons. The molecule has 2 aromatic rings. The van der Waals surface area contributed by atoms with Gasteiger partial charge in [0.1, 0.15) is 11.6 Å². The van der Waals surface area contributed by atoms with E-state index in [1.807, 2.05) is 12.1 Å². The number of rotatable bonds is 6. The van der Waals surface area contributed by atoms with Crippen molar-refractivity contribution in [3.63, 3.8) is 0 Å². The van der Waals surface area contributed by atoms with Gasteiger partial charge in [0.15, 0.2) is 46.8 Å². The second-order valence-electron chi connectivity index (χ2n) is 19.5. The van der Waals surface area contributed by atoms with Gasteiger partial charge in [0.05, 0.1) is 36.6 Å². The fourth-order valence-corrected chi connectivity index (χ4v) is 13.7. The number of quaternary nitrogens is 1. The van der Waals surface area contributed by atoms with Crippen LogP contribution in [0.4, 0.5) is 0 Å². The van der Waals surface area contributed by atoms with Crippen molar-refractivity contribution in [2.24, 2.45) is 11.8 Å². The Hall–Kier alpha value is -3.36. The van der Waals surface area contributed by atoms with Gasteiger partial charge in [0.25, 0.3) is 0 Å². The van der Waals surface area contributed by atoms with E-state index in [9.17, 15) is 29.4 Å². The number of ketones is 2. The Morgan fingerprint density at radius 1 is 0.776 bits per heavy atom. The molecule has 0 radical (unpaired) electrons. The van der Waals surface area contributed by atoms with Crippen LogP contribution >= 0.6 is 0 Å². The number of carbonyl (C=O) groups is 4. The number of hydrogen-bond donors (Lipinski definition) is 2. The summed E-state index contributed by atoms with van der Waals surface area (Å²) in [5.74, 6) is 2.54. The van der Waals surface area contributed by atoms with Crippen LogP contribution in [0.25, 0.3) is 0 Å². The average molecular weight is 862 g/mol. The molecule has 2 N–H and O–H groups in total. The Bertz CT molecular complexity index is 2170. The van der Waals surface area contributed by atoms with E-state index < -0.39 is 46.2 Å². The number of nitrogens with zero attached hydrogens (tertiary/aromatic N) is 2. The smallest absolute Gasteiger partial charge is 0.308 e. The number of aliphatic hydroxyl groups is 2. The predicted octanol–water partition coefficient (Wildman–Crippen LogP) is 0.639. The van der Waals surface area contributed by atoms with Gasteiger partial charge in [-0.15, -0.1) is 0 Å². The standard InChI is InChI=1S/C23H28NO5.C22H25NO5.BrH/c1-13(25)28-17-6-5-15-11-18-23(27)8-7-16(26)21-22(23,19(15)20(17)29-21)9-10-24(18,2)12-14-3-4-14;1-12(24)27-16-5-4-14-10-17-22(26)7-6-15(25)20-21(22,18(14)19(16)28-20)8-9-23(17)11-13-2-3-13;/h5-6,14,18,21,27H,3-4,7-12H2,1-2H3;4-5,13,17,20,26H,2-3,6-11H2,1H3;1H/q+1;;/p-1/t18?,21-,22-,23+,24+;17?,20-,21-,22+;/m11./s1. The van der Waals surface area contributed by atoms with E-state index in [1.165, 1.54) is 39.5 Å².